The fourth-order valence-electron chi connectivity index (χ4n) is 2.86. The van der Waals surface area contributed by atoms with Crippen LogP contribution in [0.3, 0.4) is 0 Å². The topological polar surface area (TPSA) is 123 Å². The van der Waals surface area contributed by atoms with Gasteiger partial charge in [-0.3, -0.25) is 14.9 Å². The van der Waals surface area contributed by atoms with E-state index in [-0.39, 0.29) is 47.3 Å². The molecule has 0 fully saturated rings. The molecule has 0 bridgehead atoms. The maximum atomic E-state index is 11.6. The molecular formula is C21H22N2O6. The van der Waals surface area contributed by atoms with Crippen molar-refractivity contribution in [2.75, 3.05) is 13.2 Å². The third-order valence-electron chi connectivity index (χ3n) is 4.24. The summed E-state index contributed by atoms with van der Waals surface area (Å²) in [4.78, 5) is 22.0. The van der Waals surface area contributed by atoms with Gasteiger partial charge in [-0.1, -0.05) is 19.4 Å². The molecule has 0 amide bonds. The molecular weight excluding hydrogens is 376 g/mol. The van der Waals surface area contributed by atoms with Crippen LogP contribution in [-0.2, 0) is 6.42 Å². The fraction of sp³-hybridized carbons (Fsp3) is 0.333. The Morgan fingerprint density at radius 3 is 2.48 bits per heavy atom. The van der Waals surface area contributed by atoms with E-state index in [1.807, 2.05) is 6.92 Å². The highest BCUT2D eigenvalue weighted by Gasteiger charge is 2.18. The molecule has 8 heteroatoms. The Bertz CT molecular complexity index is 949. The molecule has 1 N–H and O–H groups in total. The first kappa shape index (κ1) is 21.7. The van der Waals surface area contributed by atoms with Crippen molar-refractivity contribution in [3.63, 3.8) is 0 Å². The van der Waals surface area contributed by atoms with Gasteiger partial charge in [0.1, 0.15) is 23.3 Å². The second kappa shape index (κ2) is 10.1. The van der Waals surface area contributed by atoms with Crippen LogP contribution in [0.2, 0.25) is 0 Å². The van der Waals surface area contributed by atoms with Crippen LogP contribution in [0.25, 0.3) is 0 Å². The molecule has 0 atom stereocenters. The molecule has 2 aromatic rings. The predicted molar refractivity (Wildman–Crippen MR) is 106 cm³/mol. The van der Waals surface area contributed by atoms with E-state index in [0.29, 0.717) is 24.2 Å². The minimum Gasteiger partial charge on any atom is -0.507 e. The summed E-state index contributed by atoms with van der Waals surface area (Å²) in [5.41, 5.74) is 0.435. The highest BCUT2D eigenvalue weighted by molar-refractivity contribution is 5.97. The van der Waals surface area contributed by atoms with E-state index in [2.05, 4.69) is 0 Å². The van der Waals surface area contributed by atoms with Gasteiger partial charge in [0, 0.05) is 18.1 Å². The van der Waals surface area contributed by atoms with Crippen LogP contribution in [0.1, 0.15) is 48.2 Å². The molecule has 0 saturated heterocycles. The van der Waals surface area contributed by atoms with E-state index >= 15 is 0 Å². The van der Waals surface area contributed by atoms with Gasteiger partial charge in [-0.15, -0.1) is 0 Å². The van der Waals surface area contributed by atoms with Crippen molar-refractivity contribution in [1.29, 1.82) is 5.26 Å². The first-order chi connectivity index (χ1) is 13.9. The number of benzene rings is 2. The zero-order valence-corrected chi connectivity index (χ0v) is 16.3. The number of hydrogen-bond donors (Lipinski definition) is 1. The number of nitro groups is 1. The number of hydrogen-bond acceptors (Lipinski definition) is 7. The summed E-state index contributed by atoms with van der Waals surface area (Å²) in [5.74, 6) is 0.382. The van der Waals surface area contributed by atoms with Gasteiger partial charge in [0.25, 0.3) is 5.69 Å². The minimum atomic E-state index is -0.624. The number of aromatic hydroxyl groups is 1. The van der Waals surface area contributed by atoms with E-state index in [9.17, 15) is 20.0 Å². The number of nitro benzene ring substituents is 1. The number of ketones is 1. The normalized spacial score (nSPS) is 10.2. The zero-order valence-electron chi connectivity index (χ0n) is 16.3. The molecule has 0 heterocycles. The largest absolute Gasteiger partial charge is 0.507 e. The number of nitriles is 1. The number of phenols is 1. The number of Topliss-reactive ketones (excluding diaryl/α,β-unsaturated/α-hetero) is 1. The Hall–Kier alpha value is -3.60. The number of carbonyl (C=O) groups is 1. The first-order valence-electron chi connectivity index (χ1n) is 9.19. The molecule has 0 unspecified atom stereocenters. The smallest absolute Gasteiger partial charge is 0.290 e. The molecule has 0 aliphatic rings. The monoisotopic (exact) mass is 398 g/mol. The number of ether oxygens (including phenoxy) is 2. The Morgan fingerprint density at radius 2 is 1.90 bits per heavy atom. The maximum Gasteiger partial charge on any atom is 0.290 e. The summed E-state index contributed by atoms with van der Waals surface area (Å²) in [6, 6.07) is 9.21. The van der Waals surface area contributed by atoms with Gasteiger partial charge in [0.2, 0.25) is 0 Å². The number of nitrogens with zero attached hydrogens (tertiary/aromatic N) is 2. The minimum absolute atomic E-state index is 0.0524. The van der Waals surface area contributed by atoms with Crippen molar-refractivity contribution in [1.82, 2.24) is 0 Å². The number of carbonyl (C=O) groups excluding carboxylic acids is 1. The molecule has 0 aliphatic carbocycles. The second-order valence-electron chi connectivity index (χ2n) is 6.31. The molecule has 8 nitrogen and oxygen atoms in total. The quantitative estimate of drug-likeness (QED) is 0.276. The van der Waals surface area contributed by atoms with Gasteiger partial charge in [-0.2, -0.15) is 5.26 Å². The molecule has 0 saturated carbocycles. The van der Waals surface area contributed by atoms with Crippen LogP contribution in [0.4, 0.5) is 5.69 Å². The highest BCUT2D eigenvalue weighted by atomic mass is 16.6. The van der Waals surface area contributed by atoms with Crippen LogP contribution >= 0.6 is 0 Å². The van der Waals surface area contributed by atoms with Gasteiger partial charge in [0.15, 0.2) is 11.3 Å². The Balaban J connectivity index is 1.99. The van der Waals surface area contributed by atoms with E-state index < -0.39 is 4.92 Å². The van der Waals surface area contributed by atoms with E-state index in [4.69, 9.17) is 14.7 Å². The van der Waals surface area contributed by atoms with Crippen molar-refractivity contribution < 1.29 is 24.3 Å². The van der Waals surface area contributed by atoms with Crippen molar-refractivity contribution >= 4 is 11.5 Å². The average Bonchev–Trinajstić information content (AvgIpc) is 2.69. The summed E-state index contributed by atoms with van der Waals surface area (Å²) in [6.07, 6.45) is 1.80. The van der Waals surface area contributed by atoms with Crippen molar-refractivity contribution in [3.05, 3.63) is 57.1 Å². The van der Waals surface area contributed by atoms with E-state index in [1.54, 1.807) is 12.1 Å². The van der Waals surface area contributed by atoms with Gasteiger partial charge >= 0.3 is 0 Å². The third-order valence-corrected chi connectivity index (χ3v) is 4.24. The lowest BCUT2D eigenvalue weighted by atomic mass is 10.0. The summed E-state index contributed by atoms with van der Waals surface area (Å²) in [7, 11) is 0. The lowest BCUT2D eigenvalue weighted by Gasteiger charge is -2.15. The SMILES string of the molecule is CCCc1c(OCCCOc2cccc([N+](=O)[O-])c2C#N)ccc(C(C)=O)c1O. The fourth-order valence-corrected chi connectivity index (χ4v) is 2.86. The lowest BCUT2D eigenvalue weighted by Crippen LogP contribution is -2.08. The highest BCUT2D eigenvalue weighted by Crippen LogP contribution is 2.33. The first-order valence-corrected chi connectivity index (χ1v) is 9.19. The summed E-state index contributed by atoms with van der Waals surface area (Å²) >= 11 is 0. The van der Waals surface area contributed by atoms with Crippen LogP contribution in [0, 0.1) is 21.4 Å². The van der Waals surface area contributed by atoms with Crippen molar-refractivity contribution in [3.8, 4) is 23.3 Å². The van der Waals surface area contributed by atoms with Crippen molar-refractivity contribution in [2.24, 2.45) is 0 Å². The van der Waals surface area contributed by atoms with Gasteiger partial charge in [-0.25, -0.2) is 0 Å². The van der Waals surface area contributed by atoms with Crippen LogP contribution in [-0.4, -0.2) is 29.0 Å². The second-order valence-corrected chi connectivity index (χ2v) is 6.31. The Kier molecular flexibility index (Phi) is 7.54. The van der Waals surface area contributed by atoms with Crippen molar-refractivity contribution in [2.45, 2.75) is 33.1 Å². The van der Waals surface area contributed by atoms with Gasteiger partial charge < -0.3 is 14.6 Å². The number of rotatable bonds is 10. The third kappa shape index (κ3) is 5.23. The molecule has 29 heavy (non-hydrogen) atoms. The molecule has 0 spiro atoms. The molecule has 2 aromatic carbocycles. The Labute approximate surface area is 168 Å². The van der Waals surface area contributed by atoms with Crippen LogP contribution in [0.15, 0.2) is 30.3 Å². The Morgan fingerprint density at radius 1 is 1.21 bits per heavy atom. The predicted octanol–water partition coefficient (Wildman–Crippen LogP) is 4.18. The molecule has 0 aliphatic heterocycles. The molecule has 2 rings (SSSR count). The molecule has 0 radical (unpaired) electrons. The van der Waals surface area contributed by atoms with E-state index in [0.717, 1.165) is 6.42 Å². The summed E-state index contributed by atoms with van der Waals surface area (Å²) in [5, 5.41) is 30.5. The van der Waals surface area contributed by atoms with Gasteiger partial charge in [0.05, 0.1) is 23.7 Å². The van der Waals surface area contributed by atoms with Crippen LogP contribution in [0.5, 0.6) is 17.2 Å². The summed E-state index contributed by atoms with van der Waals surface area (Å²) in [6.45, 7) is 3.82. The van der Waals surface area contributed by atoms with E-state index in [1.165, 1.54) is 31.2 Å². The maximum absolute atomic E-state index is 11.6. The summed E-state index contributed by atoms with van der Waals surface area (Å²) < 4.78 is 11.2. The molecule has 152 valence electrons. The van der Waals surface area contributed by atoms with Gasteiger partial charge in [-0.05, 0) is 31.5 Å². The standard InChI is InChI=1S/C21H22N2O6/c1-3-6-16-20(10-9-15(14(2)24)21(16)25)29-12-5-11-28-19-8-4-7-18(23(26)27)17(19)13-22/h4,7-10,25H,3,5-6,11-12H2,1-2H3. The average molecular weight is 398 g/mol. The zero-order chi connectivity index (χ0) is 21.4. The molecule has 0 aromatic heterocycles. The lowest BCUT2D eigenvalue weighted by molar-refractivity contribution is -0.385. The number of phenolic OH excluding ortho intramolecular Hbond substituents is 1. The van der Waals surface area contributed by atoms with Crippen LogP contribution < -0.4 is 9.47 Å².